The highest BCUT2D eigenvalue weighted by molar-refractivity contribution is 6.20. The van der Waals surface area contributed by atoms with Crippen LogP contribution in [0.25, 0.3) is 0 Å². The predicted octanol–water partition coefficient (Wildman–Crippen LogP) is 0.0166. The largest absolute Gasteiger partial charge is 0.395 e. The van der Waals surface area contributed by atoms with Crippen molar-refractivity contribution < 1.29 is 10.2 Å². The predicted molar refractivity (Wildman–Crippen MR) is 22.3 cm³/mol. The van der Waals surface area contributed by atoms with Crippen molar-refractivity contribution in [1.29, 1.82) is 0 Å². The van der Waals surface area contributed by atoms with Gasteiger partial charge in [-0.3, -0.25) is 0 Å². The molecule has 2 nitrogen and oxygen atoms in total. The van der Waals surface area contributed by atoms with E-state index in [4.69, 9.17) is 16.7 Å². The molecule has 0 heterocycles. The van der Waals surface area contributed by atoms with Crippen molar-refractivity contribution in [2.45, 2.75) is 5.38 Å². The van der Waals surface area contributed by atoms with Crippen molar-refractivity contribution in [1.82, 2.24) is 0 Å². The summed E-state index contributed by atoms with van der Waals surface area (Å²) in [4.78, 5) is 0. The van der Waals surface area contributed by atoms with Crippen molar-refractivity contribution in [2.24, 2.45) is 0 Å². The van der Waals surface area contributed by atoms with Crippen LogP contribution in [0, 0.1) is 0 Å². The molecule has 0 amide bonds. The van der Waals surface area contributed by atoms with E-state index < -0.39 is 12.0 Å². The smallest absolute Gasteiger partial charge is 0.101 e. The molecule has 1 unspecified atom stereocenters. The highest BCUT2D eigenvalue weighted by atomic mass is 35.5. The summed E-state index contributed by atoms with van der Waals surface area (Å²) in [6.07, 6.45) is 0. The lowest BCUT2D eigenvalue weighted by Gasteiger charge is -1.92. The van der Waals surface area contributed by atoms with Gasteiger partial charge in [0.25, 0.3) is 0 Å². The molecule has 0 aliphatic heterocycles. The number of aliphatic hydroxyl groups is 1. The molecule has 0 saturated heterocycles. The Balaban J connectivity index is 2.75. The second-order valence-electron chi connectivity index (χ2n) is 0.947. The third-order valence-electron chi connectivity index (χ3n) is 0.379. The molecular formula is C3H6ClO2. The van der Waals surface area contributed by atoms with Gasteiger partial charge in [0.05, 0.1) is 12.0 Å². The summed E-state index contributed by atoms with van der Waals surface area (Å²) in [5.74, 6) is 0. The van der Waals surface area contributed by atoms with Gasteiger partial charge in [-0.2, -0.15) is 0 Å². The quantitative estimate of drug-likeness (QED) is 0.499. The third kappa shape index (κ3) is 2.45. The third-order valence-corrected chi connectivity index (χ3v) is 0.643. The Morgan fingerprint density at radius 3 is 2.33 bits per heavy atom. The Kier molecular flexibility index (Phi) is 3.52. The first kappa shape index (κ1) is 6.21. The number of aliphatic hydroxyl groups excluding tert-OH is 1. The number of rotatable bonds is 2. The van der Waals surface area contributed by atoms with E-state index in [1.807, 2.05) is 0 Å². The van der Waals surface area contributed by atoms with Crippen molar-refractivity contribution in [3.05, 3.63) is 0 Å². The van der Waals surface area contributed by atoms with Crippen LogP contribution in [0.1, 0.15) is 0 Å². The molecule has 0 fully saturated rings. The van der Waals surface area contributed by atoms with Crippen LogP contribution in [-0.4, -0.2) is 23.7 Å². The molecule has 0 aromatic heterocycles. The van der Waals surface area contributed by atoms with Crippen LogP contribution < -0.4 is 0 Å². The average Bonchev–Trinajstić information content (AvgIpc) is 1.65. The van der Waals surface area contributed by atoms with Gasteiger partial charge in [-0.25, -0.2) is 5.11 Å². The molecule has 1 atom stereocenters. The minimum absolute atomic E-state index is 0.217. The first-order valence-corrected chi connectivity index (χ1v) is 2.08. The Morgan fingerprint density at radius 2 is 2.33 bits per heavy atom. The number of halogens is 1. The van der Waals surface area contributed by atoms with Crippen LogP contribution in [0.2, 0.25) is 0 Å². The first-order valence-electron chi connectivity index (χ1n) is 1.64. The van der Waals surface area contributed by atoms with Crippen molar-refractivity contribution in [3.63, 3.8) is 0 Å². The maximum absolute atomic E-state index is 9.57. The molecule has 0 aromatic carbocycles. The van der Waals surface area contributed by atoms with Crippen LogP contribution in [0.4, 0.5) is 0 Å². The molecule has 0 saturated carbocycles. The van der Waals surface area contributed by atoms with Crippen LogP contribution in [-0.2, 0) is 5.11 Å². The average molecular weight is 110 g/mol. The fourth-order valence-corrected chi connectivity index (χ4v) is 0.0527. The zero-order chi connectivity index (χ0) is 4.99. The zero-order valence-electron chi connectivity index (χ0n) is 3.22. The molecule has 0 spiro atoms. The number of hydrogen-bond acceptors (Lipinski definition) is 1. The highest BCUT2D eigenvalue weighted by Gasteiger charge is 1.96. The summed E-state index contributed by atoms with van der Waals surface area (Å²) in [7, 11) is 0. The molecule has 3 heteroatoms. The van der Waals surface area contributed by atoms with E-state index in [1.54, 1.807) is 0 Å². The van der Waals surface area contributed by atoms with Gasteiger partial charge in [-0.05, 0) is 0 Å². The lowest BCUT2D eigenvalue weighted by atomic mass is 10.5. The molecular weight excluding hydrogens is 103 g/mol. The molecule has 6 heavy (non-hydrogen) atoms. The number of alkyl halides is 1. The van der Waals surface area contributed by atoms with Crippen molar-refractivity contribution in [3.8, 4) is 0 Å². The van der Waals surface area contributed by atoms with Gasteiger partial charge in [-0.1, -0.05) is 0 Å². The first-order chi connectivity index (χ1) is 2.81. The maximum Gasteiger partial charge on any atom is 0.101 e. The summed E-state index contributed by atoms with van der Waals surface area (Å²) in [5, 5.41) is 17.0. The number of hydrogen-bond donors (Lipinski definition) is 1. The lowest BCUT2D eigenvalue weighted by Crippen LogP contribution is -2.07. The molecule has 0 aliphatic carbocycles. The minimum Gasteiger partial charge on any atom is -0.395 e. The van der Waals surface area contributed by atoms with Crippen LogP contribution in [0.3, 0.4) is 0 Å². The molecule has 0 rings (SSSR count). The van der Waals surface area contributed by atoms with Crippen molar-refractivity contribution in [2.75, 3.05) is 13.2 Å². The summed E-state index contributed by atoms with van der Waals surface area (Å²) >= 11 is 5.09. The second-order valence-corrected chi connectivity index (χ2v) is 1.56. The van der Waals surface area contributed by atoms with Crippen LogP contribution in [0.15, 0.2) is 0 Å². The summed E-state index contributed by atoms with van der Waals surface area (Å²) in [6.45, 7) is -0.622. The zero-order valence-corrected chi connectivity index (χ0v) is 3.98. The molecule has 0 aliphatic rings. The fraction of sp³-hybridized carbons (Fsp3) is 1.00. The van der Waals surface area contributed by atoms with Gasteiger partial charge >= 0.3 is 0 Å². The Hall–Kier alpha value is 0.210. The highest BCUT2D eigenvalue weighted by Crippen LogP contribution is 1.88. The van der Waals surface area contributed by atoms with E-state index in [-0.39, 0.29) is 6.61 Å². The van der Waals surface area contributed by atoms with E-state index in [0.717, 1.165) is 0 Å². The molecule has 0 bridgehead atoms. The minimum atomic E-state index is -0.593. The van der Waals surface area contributed by atoms with Crippen LogP contribution in [0.5, 0.6) is 0 Å². The van der Waals surface area contributed by atoms with E-state index >= 15 is 0 Å². The Labute approximate surface area is 41.4 Å². The van der Waals surface area contributed by atoms with E-state index in [2.05, 4.69) is 0 Å². The maximum atomic E-state index is 9.57. The van der Waals surface area contributed by atoms with Gasteiger partial charge in [-0.15, -0.1) is 11.6 Å². The van der Waals surface area contributed by atoms with Gasteiger partial charge in [0.15, 0.2) is 0 Å². The van der Waals surface area contributed by atoms with Crippen LogP contribution >= 0.6 is 11.6 Å². The SMILES string of the molecule is [O]CC(Cl)CO. The van der Waals surface area contributed by atoms with E-state index in [9.17, 15) is 5.11 Å². The summed E-state index contributed by atoms with van der Waals surface area (Å²) in [5.41, 5.74) is 0. The molecule has 1 radical (unpaired) electrons. The van der Waals surface area contributed by atoms with Gasteiger partial charge < -0.3 is 5.11 Å². The fourth-order valence-electron chi connectivity index (χ4n) is 0.0527. The van der Waals surface area contributed by atoms with Gasteiger partial charge in [0.2, 0.25) is 0 Å². The Morgan fingerprint density at radius 1 is 1.83 bits per heavy atom. The summed E-state index contributed by atoms with van der Waals surface area (Å²) < 4.78 is 0. The van der Waals surface area contributed by atoms with Crippen molar-refractivity contribution >= 4 is 11.6 Å². The molecule has 0 aromatic rings. The van der Waals surface area contributed by atoms with Gasteiger partial charge in [0.1, 0.15) is 6.61 Å². The molecule has 37 valence electrons. The topological polar surface area (TPSA) is 40.1 Å². The normalized spacial score (nSPS) is 10.0. The monoisotopic (exact) mass is 109 g/mol. The van der Waals surface area contributed by atoms with Gasteiger partial charge in [0, 0.05) is 0 Å². The molecule has 1 N–H and O–H groups in total. The summed E-state index contributed by atoms with van der Waals surface area (Å²) in [6, 6.07) is 0. The van der Waals surface area contributed by atoms with E-state index in [1.165, 1.54) is 0 Å². The van der Waals surface area contributed by atoms with E-state index in [0.29, 0.717) is 0 Å². The second kappa shape index (κ2) is 3.40. The standard InChI is InChI=1S/C3H6ClO2/c4-3(1-5)2-6/h3,5H,1-2H2. The Bertz CT molecular complexity index is 28.0. The lowest BCUT2D eigenvalue weighted by molar-refractivity contribution is 0.163.